The molecule has 0 radical (unpaired) electrons. The van der Waals surface area contributed by atoms with Crippen molar-refractivity contribution >= 4 is 5.91 Å². The van der Waals surface area contributed by atoms with Crippen LogP contribution in [0.4, 0.5) is 0 Å². The van der Waals surface area contributed by atoms with Gasteiger partial charge in [-0.05, 0) is 45.7 Å². The SMILES string of the molecule is COC(C)(C)C[C@H](C)NC(=O)c1ccccc1C. The monoisotopic (exact) mass is 249 g/mol. The molecule has 0 saturated heterocycles. The zero-order valence-corrected chi connectivity index (χ0v) is 11.9. The highest BCUT2D eigenvalue weighted by Crippen LogP contribution is 2.16. The molecular weight excluding hydrogens is 226 g/mol. The molecule has 0 saturated carbocycles. The van der Waals surface area contributed by atoms with E-state index >= 15 is 0 Å². The minimum absolute atomic E-state index is 0.0208. The van der Waals surface area contributed by atoms with Crippen LogP contribution in [0.2, 0.25) is 0 Å². The Hall–Kier alpha value is -1.35. The number of methoxy groups -OCH3 is 1. The van der Waals surface area contributed by atoms with Crippen LogP contribution in [0, 0.1) is 6.92 Å². The molecule has 0 bridgehead atoms. The van der Waals surface area contributed by atoms with Crippen molar-refractivity contribution in [1.82, 2.24) is 5.32 Å². The van der Waals surface area contributed by atoms with Crippen molar-refractivity contribution in [3.8, 4) is 0 Å². The Morgan fingerprint density at radius 3 is 2.56 bits per heavy atom. The van der Waals surface area contributed by atoms with Crippen LogP contribution in [0.25, 0.3) is 0 Å². The molecule has 100 valence electrons. The molecule has 0 fully saturated rings. The van der Waals surface area contributed by atoms with Gasteiger partial charge in [-0.1, -0.05) is 18.2 Å². The molecule has 0 aliphatic heterocycles. The number of ether oxygens (including phenoxy) is 1. The van der Waals surface area contributed by atoms with E-state index in [1.165, 1.54) is 0 Å². The summed E-state index contributed by atoms with van der Waals surface area (Å²) in [6, 6.07) is 7.68. The summed E-state index contributed by atoms with van der Waals surface area (Å²) in [5.41, 5.74) is 1.51. The molecular formula is C15H23NO2. The number of nitrogens with one attached hydrogen (secondary N) is 1. The summed E-state index contributed by atoms with van der Waals surface area (Å²) < 4.78 is 5.37. The zero-order valence-electron chi connectivity index (χ0n) is 11.9. The maximum atomic E-state index is 12.1. The van der Waals surface area contributed by atoms with E-state index in [1.807, 2.05) is 52.0 Å². The van der Waals surface area contributed by atoms with Crippen LogP contribution in [-0.2, 0) is 4.74 Å². The first kappa shape index (κ1) is 14.7. The molecule has 1 aromatic carbocycles. The molecule has 1 atom stereocenters. The molecule has 3 heteroatoms. The van der Waals surface area contributed by atoms with Crippen LogP contribution in [-0.4, -0.2) is 24.7 Å². The van der Waals surface area contributed by atoms with E-state index in [2.05, 4.69) is 5.32 Å². The topological polar surface area (TPSA) is 38.3 Å². The van der Waals surface area contributed by atoms with Gasteiger partial charge in [0.05, 0.1) is 5.60 Å². The molecule has 1 N–H and O–H groups in total. The highest BCUT2D eigenvalue weighted by Gasteiger charge is 2.21. The van der Waals surface area contributed by atoms with E-state index < -0.39 is 0 Å². The van der Waals surface area contributed by atoms with Crippen LogP contribution in [0.1, 0.15) is 43.1 Å². The van der Waals surface area contributed by atoms with E-state index in [0.29, 0.717) is 0 Å². The Morgan fingerprint density at radius 1 is 1.39 bits per heavy atom. The molecule has 18 heavy (non-hydrogen) atoms. The minimum atomic E-state index is -0.224. The van der Waals surface area contributed by atoms with E-state index in [9.17, 15) is 4.79 Å². The lowest BCUT2D eigenvalue weighted by atomic mass is 9.99. The maximum Gasteiger partial charge on any atom is 0.251 e. The van der Waals surface area contributed by atoms with Gasteiger partial charge in [0.1, 0.15) is 0 Å². The van der Waals surface area contributed by atoms with Gasteiger partial charge in [-0.3, -0.25) is 4.79 Å². The second kappa shape index (κ2) is 6.01. The van der Waals surface area contributed by atoms with Crippen LogP contribution in [0.5, 0.6) is 0 Å². The number of carbonyl (C=O) groups excluding carboxylic acids is 1. The molecule has 0 unspecified atom stereocenters. The first-order valence-corrected chi connectivity index (χ1v) is 6.27. The summed E-state index contributed by atoms with van der Waals surface area (Å²) in [5.74, 6) is -0.0208. The standard InChI is InChI=1S/C15H23NO2/c1-11-8-6-7-9-13(11)14(17)16-12(2)10-15(3,4)18-5/h6-9,12H,10H2,1-5H3,(H,16,17)/t12-/m0/s1. The van der Waals surface area contributed by atoms with E-state index in [4.69, 9.17) is 4.74 Å². The number of carbonyl (C=O) groups is 1. The van der Waals surface area contributed by atoms with Gasteiger partial charge in [0.2, 0.25) is 0 Å². The van der Waals surface area contributed by atoms with Crippen LogP contribution in [0.15, 0.2) is 24.3 Å². The maximum absolute atomic E-state index is 12.1. The predicted molar refractivity (Wildman–Crippen MR) is 73.8 cm³/mol. The summed E-state index contributed by atoms with van der Waals surface area (Å²) >= 11 is 0. The third kappa shape index (κ3) is 4.15. The van der Waals surface area contributed by atoms with Gasteiger partial charge in [0.25, 0.3) is 5.91 Å². The van der Waals surface area contributed by atoms with E-state index in [0.717, 1.165) is 17.5 Å². The number of aryl methyl sites for hydroxylation is 1. The zero-order chi connectivity index (χ0) is 13.8. The largest absolute Gasteiger partial charge is 0.379 e. The van der Waals surface area contributed by atoms with Crippen LogP contribution in [0.3, 0.4) is 0 Å². The third-order valence-electron chi connectivity index (χ3n) is 3.12. The summed E-state index contributed by atoms with van der Waals surface area (Å²) in [5, 5.41) is 3.01. The fraction of sp³-hybridized carbons (Fsp3) is 0.533. The van der Waals surface area contributed by atoms with Gasteiger partial charge in [-0.15, -0.1) is 0 Å². The lowest BCUT2D eigenvalue weighted by Crippen LogP contribution is -2.39. The lowest BCUT2D eigenvalue weighted by molar-refractivity contribution is 0.00885. The fourth-order valence-corrected chi connectivity index (χ4v) is 2.00. The van der Waals surface area contributed by atoms with Gasteiger partial charge in [-0.25, -0.2) is 0 Å². The molecule has 0 aromatic heterocycles. The van der Waals surface area contributed by atoms with E-state index in [1.54, 1.807) is 7.11 Å². The van der Waals surface area contributed by atoms with Gasteiger partial charge in [-0.2, -0.15) is 0 Å². The molecule has 0 heterocycles. The number of hydrogen-bond donors (Lipinski definition) is 1. The second-order valence-electron chi connectivity index (χ2n) is 5.36. The Balaban J connectivity index is 2.63. The average molecular weight is 249 g/mol. The summed E-state index contributed by atoms with van der Waals surface area (Å²) in [7, 11) is 1.69. The third-order valence-corrected chi connectivity index (χ3v) is 3.12. The Bertz CT molecular complexity index is 413. The van der Waals surface area contributed by atoms with Crippen molar-refractivity contribution in [2.75, 3.05) is 7.11 Å². The molecule has 3 nitrogen and oxygen atoms in total. The van der Waals surface area contributed by atoms with Crippen molar-refractivity contribution in [2.24, 2.45) is 0 Å². The van der Waals surface area contributed by atoms with E-state index in [-0.39, 0.29) is 17.6 Å². The molecule has 0 spiro atoms. The van der Waals surface area contributed by atoms with Crippen LogP contribution >= 0.6 is 0 Å². The number of amides is 1. The molecule has 0 aliphatic carbocycles. The average Bonchev–Trinajstić information content (AvgIpc) is 2.28. The molecule has 0 aliphatic rings. The molecule has 1 aromatic rings. The summed E-state index contributed by atoms with van der Waals surface area (Å²) in [6.07, 6.45) is 0.779. The first-order chi connectivity index (χ1) is 8.35. The lowest BCUT2D eigenvalue weighted by Gasteiger charge is -2.27. The Labute approximate surface area is 110 Å². The van der Waals surface area contributed by atoms with Gasteiger partial charge >= 0.3 is 0 Å². The molecule has 1 amide bonds. The van der Waals surface area contributed by atoms with Crippen molar-refractivity contribution in [2.45, 2.75) is 45.8 Å². The predicted octanol–water partition coefficient (Wildman–Crippen LogP) is 2.93. The van der Waals surface area contributed by atoms with Crippen molar-refractivity contribution in [3.63, 3.8) is 0 Å². The normalized spacial score (nSPS) is 13.2. The highest BCUT2D eigenvalue weighted by atomic mass is 16.5. The van der Waals surface area contributed by atoms with Gasteiger partial charge < -0.3 is 10.1 Å². The van der Waals surface area contributed by atoms with Crippen molar-refractivity contribution in [1.29, 1.82) is 0 Å². The minimum Gasteiger partial charge on any atom is -0.379 e. The quantitative estimate of drug-likeness (QED) is 0.871. The van der Waals surface area contributed by atoms with Crippen molar-refractivity contribution < 1.29 is 9.53 Å². The van der Waals surface area contributed by atoms with Crippen molar-refractivity contribution in [3.05, 3.63) is 35.4 Å². The second-order valence-corrected chi connectivity index (χ2v) is 5.36. The van der Waals surface area contributed by atoms with Gasteiger partial charge in [0, 0.05) is 18.7 Å². The van der Waals surface area contributed by atoms with Gasteiger partial charge in [0.15, 0.2) is 0 Å². The number of benzene rings is 1. The summed E-state index contributed by atoms with van der Waals surface area (Å²) in [6.45, 7) is 7.97. The number of hydrogen-bond acceptors (Lipinski definition) is 2. The Morgan fingerprint density at radius 2 is 2.00 bits per heavy atom. The Kier molecular flexibility index (Phi) is 4.91. The molecule has 1 rings (SSSR count). The first-order valence-electron chi connectivity index (χ1n) is 6.27. The number of rotatable bonds is 5. The smallest absolute Gasteiger partial charge is 0.251 e. The summed E-state index contributed by atoms with van der Waals surface area (Å²) in [4.78, 5) is 12.1. The van der Waals surface area contributed by atoms with Crippen LogP contribution < -0.4 is 5.32 Å². The highest BCUT2D eigenvalue weighted by molar-refractivity contribution is 5.95. The fourth-order valence-electron chi connectivity index (χ4n) is 2.00.